The first kappa shape index (κ1) is 28.1. The normalized spacial score (nSPS) is 18.8. The number of fused-ring (bicyclic) bond motifs is 1. The van der Waals surface area contributed by atoms with E-state index < -0.39 is 6.36 Å². The second kappa shape index (κ2) is 12.0. The van der Waals surface area contributed by atoms with Crippen LogP contribution in [0.25, 0.3) is 0 Å². The molecule has 1 saturated carbocycles. The Hall–Kier alpha value is -2.46. The fourth-order valence-electron chi connectivity index (χ4n) is 5.59. The predicted octanol–water partition coefficient (Wildman–Crippen LogP) is 6.63. The van der Waals surface area contributed by atoms with Gasteiger partial charge in [0, 0.05) is 28.6 Å². The summed E-state index contributed by atoms with van der Waals surface area (Å²) in [7, 11) is 1.43. The van der Waals surface area contributed by atoms with E-state index in [4.69, 9.17) is 14.2 Å². The third-order valence-electron chi connectivity index (χ3n) is 7.83. The molecule has 39 heavy (non-hydrogen) atoms. The van der Waals surface area contributed by atoms with Gasteiger partial charge in [-0.2, -0.15) is 0 Å². The molecule has 1 aliphatic carbocycles. The number of carbonyl (C=O) groups is 1. The number of esters is 1. The molecule has 0 spiro atoms. The minimum Gasteiger partial charge on any atom is -0.489 e. The minimum absolute atomic E-state index is 0.123. The Morgan fingerprint density at radius 1 is 1.13 bits per heavy atom. The molecule has 10 heteroatoms. The molecule has 2 aromatic rings. The summed E-state index contributed by atoms with van der Waals surface area (Å²) >= 11 is 3.35. The number of benzene rings is 2. The maximum absolute atomic E-state index is 12.9. The van der Waals surface area contributed by atoms with E-state index in [1.165, 1.54) is 13.2 Å². The zero-order chi connectivity index (χ0) is 27.6. The van der Waals surface area contributed by atoms with Crippen LogP contribution in [0.1, 0.15) is 54.7 Å². The van der Waals surface area contributed by atoms with Crippen LogP contribution in [-0.4, -0.2) is 50.6 Å². The van der Waals surface area contributed by atoms with Crippen molar-refractivity contribution in [1.82, 2.24) is 4.90 Å². The summed E-state index contributed by atoms with van der Waals surface area (Å²) in [5, 5.41) is 0. The first-order valence-electron chi connectivity index (χ1n) is 13.4. The molecule has 212 valence electrons. The quantitative estimate of drug-likeness (QED) is 0.281. The smallest absolute Gasteiger partial charge is 0.489 e. The van der Waals surface area contributed by atoms with Gasteiger partial charge in [0.15, 0.2) is 11.5 Å². The van der Waals surface area contributed by atoms with Crippen molar-refractivity contribution >= 4 is 21.9 Å². The van der Waals surface area contributed by atoms with Crippen LogP contribution < -0.4 is 14.2 Å². The molecule has 0 N–H and O–H groups in total. The number of nitrogens with zero attached hydrogens (tertiary/aromatic N) is 1. The van der Waals surface area contributed by atoms with Gasteiger partial charge in [-0.05, 0) is 86.4 Å². The summed E-state index contributed by atoms with van der Waals surface area (Å²) in [5.74, 6) is 2.12. The Kier molecular flexibility index (Phi) is 8.61. The van der Waals surface area contributed by atoms with Crippen molar-refractivity contribution in [2.75, 3.05) is 33.4 Å². The van der Waals surface area contributed by atoms with E-state index in [2.05, 4.69) is 31.6 Å². The van der Waals surface area contributed by atoms with Crippen LogP contribution in [0, 0.1) is 11.8 Å². The van der Waals surface area contributed by atoms with Crippen molar-refractivity contribution in [3.8, 4) is 17.2 Å². The first-order chi connectivity index (χ1) is 18.7. The lowest BCUT2D eigenvalue weighted by Gasteiger charge is -2.32. The highest BCUT2D eigenvalue weighted by Crippen LogP contribution is 2.48. The molecule has 1 unspecified atom stereocenters. The Morgan fingerprint density at radius 3 is 2.59 bits per heavy atom. The predicted molar refractivity (Wildman–Crippen MR) is 142 cm³/mol. The third-order valence-corrected chi connectivity index (χ3v) is 8.32. The molecule has 1 atom stereocenters. The largest absolute Gasteiger partial charge is 0.573 e. The van der Waals surface area contributed by atoms with Crippen molar-refractivity contribution in [2.45, 2.75) is 57.3 Å². The van der Waals surface area contributed by atoms with E-state index in [-0.39, 0.29) is 17.6 Å². The highest BCUT2D eigenvalue weighted by molar-refractivity contribution is 9.10. The number of methoxy groups -OCH3 is 1. The van der Waals surface area contributed by atoms with Crippen molar-refractivity contribution in [3.05, 3.63) is 51.5 Å². The molecular formula is C29H33BrF3NO5. The van der Waals surface area contributed by atoms with Gasteiger partial charge in [-0.15, -0.1) is 13.2 Å². The molecule has 2 aliphatic heterocycles. The maximum Gasteiger partial charge on any atom is 0.573 e. The van der Waals surface area contributed by atoms with Crippen LogP contribution in [0.4, 0.5) is 13.2 Å². The van der Waals surface area contributed by atoms with E-state index >= 15 is 0 Å². The van der Waals surface area contributed by atoms with Crippen molar-refractivity contribution in [2.24, 2.45) is 11.8 Å². The number of hydrogen-bond donors (Lipinski definition) is 0. The summed E-state index contributed by atoms with van der Waals surface area (Å²) in [4.78, 5) is 14.2. The number of alkyl halides is 3. The average molecular weight is 612 g/mol. The summed E-state index contributed by atoms with van der Waals surface area (Å²) in [6.07, 6.45) is 0.446. The number of carbonyl (C=O) groups excluding carboxylic acids is 1. The van der Waals surface area contributed by atoms with E-state index in [9.17, 15) is 18.0 Å². The molecule has 2 fully saturated rings. The monoisotopic (exact) mass is 611 g/mol. The summed E-state index contributed by atoms with van der Waals surface area (Å²) in [6, 6.07) is 8.78. The second-order valence-electron chi connectivity index (χ2n) is 10.7. The summed E-state index contributed by atoms with van der Waals surface area (Å²) in [6.45, 7) is 3.05. The molecule has 0 aromatic heterocycles. The molecule has 2 heterocycles. The number of hydrogen-bond acceptors (Lipinski definition) is 6. The molecule has 0 bridgehead atoms. The van der Waals surface area contributed by atoms with Gasteiger partial charge in [0.2, 0.25) is 0 Å². The lowest BCUT2D eigenvalue weighted by Crippen LogP contribution is -2.35. The van der Waals surface area contributed by atoms with Gasteiger partial charge < -0.3 is 18.9 Å². The number of rotatable bonds is 10. The van der Waals surface area contributed by atoms with Gasteiger partial charge in [-0.3, -0.25) is 9.69 Å². The average Bonchev–Trinajstić information content (AvgIpc) is 3.63. The van der Waals surface area contributed by atoms with Crippen molar-refractivity contribution < 1.29 is 36.9 Å². The molecule has 2 aromatic carbocycles. The third kappa shape index (κ3) is 7.39. The lowest BCUT2D eigenvalue weighted by atomic mass is 9.89. The second-order valence-corrected chi connectivity index (χ2v) is 11.6. The van der Waals surface area contributed by atoms with Crippen LogP contribution in [0.5, 0.6) is 17.2 Å². The molecule has 5 rings (SSSR count). The Labute approximate surface area is 234 Å². The first-order valence-corrected chi connectivity index (χ1v) is 14.2. The Bertz CT molecular complexity index is 1180. The summed E-state index contributed by atoms with van der Waals surface area (Å²) in [5.41, 5.74) is 2.74. The molecular weight excluding hydrogens is 579 g/mol. The van der Waals surface area contributed by atoms with Gasteiger partial charge in [0.05, 0.1) is 26.7 Å². The van der Waals surface area contributed by atoms with E-state index in [1.54, 1.807) is 12.1 Å². The van der Waals surface area contributed by atoms with E-state index in [1.807, 2.05) is 6.07 Å². The van der Waals surface area contributed by atoms with Crippen LogP contribution in [0.15, 0.2) is 34.8 Å². The van der Waals surface area contributed by atoms with Crippen LogP contribution in [-0.2, 0) is 22.5 Å². The van der Waals surface area contributed by atoms with Crippen molar-refractivity contribution in [3.63, 3.8) is 0 Å². The van der Waals surface area contributed by atoms with Gasteiger partial charge in [0.1, 0.15) is 5.75 Å². The highest BCUT2D eigenvalue weighted by Gasteiger charge is 2.36. The number of piperidine rings is 1. The lowest BCUT2D eigenvalue weighted by molar-refractivity contribution is -0.275. The fourth-order valence-corrected chi connectivity index (χ4v) is 6.00. The highest BCUT2D eigenvalue weighted by atomic mass is 79.9. The molecule has 6 nitrogen and oxygen atoms in total. The SMILES string of the molecule is COC(=O)CC(c1cc2c(c(OCC3CCN(Cc4cc(Br)ccc4OC(F)(F)F)CC3)c1)OCC2)C1CC1. The topological polar surface area (TPSA) is 57.2 Å². The number of likely N-dealkylation sites (tertiary alicyclic amines) is 1. The molecule has 1 saturated heterocycles. The van der Waals surface area contributed by atoms with E-state index in [0.717, 1.165) is 67.8 Å². The molecule has 0 radical (unpaired) electrons. The number of ether oxygens (including phenoxy) is 4. The molecule has 3 aliphatic rings. The Morgan fingerprint density at radius 2 is 1.90 bits per heavy atom. The van der Waals surface area contributed by atoms with Gasteiger partial charge in [0.25, 0.3) is 0 Å². The summed E-state index contributed by atoms with van der Waals surface area (Å²) < 4.78 is 60.7. The van der Waals surface area contributed by atoms with Crippen LogP contribution >= 0.6 is 15.9 Å². The van der Waals surface area contributed by atoms with Crippen LogP contribution in [0.3, 0.4) is 0 Å². The maximum atomic E-state index is 12.9. The van der Waals surface area contributed by atoms with Gasteiger partial charge in [-0.25, -0.2) is 0 Å². The molecule has 0 amide bonds. The Balaban J connectivity index is 1.20. The van der Waals surface area contributed by atoms with E-state index in [0.29, 0.717) is 48.1 Å². The minimum atomic E-state index is -4.73. The van der Waals surface area contributed by atoms with Gasteiger partial charge >= 0.3 is 12.3 Å². The fraction of sp³-hybridized carbons (Fsp3) is 0.552. The number of halogens is 4. The zero-order valence-corrected chi connectivity index (χ0v) is 23.5. The van der Waals surface area contributed by atoms with Crippen LogP contribution in [0.2, 0.25) is 0 Å². The van der Waals surface area contributed by atoms with Gasteiger partial charge in [-0.1, -0.05) is 22.0 Å². The zero-order valence-electron chi connectivity index (χ0n) is 21.9. The van der Waals surface area contributed by atoms with Crippen molar-refractivity contribution in [1.29, 1.82) is 0 Å². The standard InChI is InChI=1S/C29H33BrF3NO5/c1-36-27(35)15-24(19-2-3-19)21-12-20-8-11-37-28(20)26(14-21)38-17-18-6-9-34(10-7-18)16-22-13-23(30)4-5-25(22)39-29(31,32)33/h4-5,12-14,18-19,24H,2-3,6-11,15-17H2,1H3.